The molecule has 0 radical (unpaired) electrons. The molecule has 0 spiro atoms. The third-order valence-electron chi connectivity index (χ3n) is 3.94. The van der Waals surface area contributed by atoms with Gasteiger partial charge in [0.25, 0.3) is 0 Å². The summed E-state index contributed by atoms with van der Waals surface area (Å²) in [5.74, 6) is 1.46. The van der Waals surface area contributed by atoms with Crippen LogP contribution >= 0.6 is 0 Å². The van der Waals surface area contributed by atoms with Crippen LogP contribution in [-0.2, 0) is 4.79 Å². The lowest BCUT2D eigenvalue weighted by molar-refractivity contribution is -0.122. The predicted octanol–water partition coefficient (Wildman–Crippen LogP) is 1.47. The van der Waals surface area contributed by atoms with E-state index in [-0.39, 0.29) is 5.91 Å². The fourth-order valence-corrected chi connectivity index (χ4v) is 2.67. The van der Waals surface area contributed by atoms with Crippen molar-refractivity contribution in [2.24, 2.45) is 11.8 Å². The third-order valence-corrected chi connectivity index (χ3v) is 3.94. The second-order valence-electron chi connectivity index (χ2n) is 6.45. The number of hydrogen-bond acceptors (Lipinski definition) is 3. The summed E-state index contributed by atoms with van der Waals surface area (Å²) in [6, 6.07) is 0.442. The molecular formula is C15H31N3O. The molecule has 4 nitrogen and oxygen atoms in total. The molecule has 2 N–H and O–H groups in total. The van der Waals surface area contributed by atoms with Gasteiger partial charge in [-0.05, 0) is 58.3 Å². The Morgan fingerprint density at radius 3 is 2.47 bits per heavy atom. The summed E-state index contributed by atoms with van der Waals surface area (Å²) in [4.78, 5) is 14.2. The van der Waals surface area contributed by atoms with Crippen LogP contribution < -0.4 is 10.6 Å². The van der Waals surface area contributed by atoms with Crippen LogP contribution in [0.15, 0.2) is 0 Å². The standard InChI is InChI=1S/C15H31N3O/c1-12(2)9-14(18(3)4)11-17-15(19)10-13-5-7-16-8-6-13/h12-14,16H,5-11H2,1-4H3,(H,17,19). The van der Waals surface area contributed by atoms with Crippen molar-refractivity contribution in [2.75, 3.05) is 33.7 Å². The summed E-state index contributed by atoms with van der Waals surface area (Å²) in [6.45, 7) is 7.35. The SMILES string of the molecule is CC(C)CC(CNC(=O)CC1CCNCC1)N(C)C. The largest absolute Gasteiger partial charge is 0.355 e. The van der Waals surface area contributed by atoms with Gasteiger partial charge in [0.05, 0.1) is 0 Å². The van der Waals surface area contributed by atoms with Crippen molar-refractivity contribution in [2.45, 2.75) is 45.6 Å². The van der Waals surface area contributed by atoms with Crippen molar-refractivity contribution in [3.05, 3.63) is 0 Å². The van der Waals surface area contributed by atoms with Crippen LogP contribution in [0.25, 0.3) is 0 Å². The molecule has 1 saturated heterocycles. The van der Waals surface area contributed by atoms with E-state index in [0.29, 0.717) is 24.3 Å². The van der Waals surface area contributed by atoms with E-state index < -0.39 is 0 Å². The molecule has 0 aromatic heterocycles. The van der Waals surface area contributed by atoms with E-state index in [4.69, 9.17) is 0 Å². The molecule has 4 heteroatoms. The molecule has 0 saturated carbocycles. The van der Waals surface area contributed by atoms with E-state index in [2.05, 4.69) is 43.5 Å². The first-order valence-electron chi connectivity index (χ1n) is 7.63. The molecule has 1 heterocycles. The van der Waals surface area contributed by atoms with Gasteiger partial charge >= 0.3 is 0 Å². The normalized spacial score (nSPS) is 18.8. The molecule has 1 aliphatic rings. The van der Waals surface area contributed by atoms with Crippen LogP contribution in [0.2, 0.25) is 0 Å². The Kier molecular flexibility index (Phi) is 7.39. The molecule has 1 atom stereocenters. The second-order valence-corrected chi connectivity index (χ2v) is 6.45. The molecule has 1 aliphatic heterocycles. The highest BCUT2D eigenvalue weighted by molar-refractivity contribution is 5.76. The van der Waals surface area contributed by atoms with Crippen LogP contribution in [0, 0.1) is 11.8 Å². The fourth-order valence-electron chi connectivity index (χ4n) is 2.67. The van der Waals surface area contributed by atoms with Crippen LogP contribution in [-0.4, -0.2) is 50.6 Å². The van der Waals surface area contributed by atoms with Gasteiger partial charge in [0.15, 0.2) is 0 Å². The highest BCUT2D eigenvalue weighted by Crippen LogP contribution is 2.15. The molecule has 112 valence electrons. The maximum atomic E-state index is 12.0. The van der Waals surface area contributed by atoms with E-state index in [1.165, 1.54) is 0 Å². The lowest BCUT2D eigenvalue weighted by Crippen LogP contribution is -2.41. The Balaban J connectivity index is 2.26. The maximum Gasteiger partial charge on any atom is 0.220 e. The summed E-state index contributed by atoms with van der Waals surface area (Å²) in [5, 5.41) is 6.45. The van der Waals surface area contributed by atoms with Gasteiger partial charge in [0.2, 0.25) is 5.91 Å². The minimum atomic E-state index is 0.225. The highest BCUT2D eigenvalue weighted by Gasteiger charge is 2.18. The molecule has 1 amide bonds. The minimum absolute atomic E-state index is 0.225. The molecule has 1 fully saturated rings. The first kappa shape index (κ1) is 16.4. The molecule has 0 aliphatic carbocycles. The Hall–Kier alpha value is -0.610. The van der Waals surface area contributed by atoms with Crippen molar-refractivity contribution < 1.29 is 4.79 Å². The first-order chi connectivity index (χ1) is 8.99. The van der Waals surface area contributed by atoms with Gasteiger partial charge in [-0.3, -0.25) is 4.79 Å². The summed E-state index contributed by atoms with van der Waals surface area (Å²) < 4.78 is 0. The zero-order valence-corrected chi connectivity index (χ0v) is 13.0. The minimum Gasteiger partial charge on any atom is -0.355 e. The number of nitrogens with zero attached hydrogens (tertiary/aromatic N) is 1. The van der Waals surface area contributed by atoms with Gasteiger partial charge in [-0.2, -0.15) is 0 Å². The molecule has 0 aromatic carbocycles. The Labute approximate surface area is 118 Å². The van der Waals surface area contributed by atoms with Crippen LogP contribution in [0.3, 0.4) is 0 Å². The van der Waals surface area contributed by atoms with Crippen molar-refractivity contribution >= 4 is 5.91 Å². The summed E-state index contributed by atoms with van der Waals surface area (Å²) >= 11 is 0. The zero-order valence-electron chi connectivity index (χ0n) is 13.0. The Bertz CT molecular complexity index is 260. The number of likely N-dealkylation sites (N-methyl/N-ethyl adjacent to an activating group) is 1. The van der Waals surface area contributed by atoms with E-state index in [0.717, 1.165) is 38.9 Å². The number of amides is 1. The quantitative estimate of drug-likeness (QED) is 0.735. The second kappa shape index (κ2) is 8.54. The average Bonchev–Trinajstić information content (AvgIpc) is 2.35. The summed E-state index contributed by atoms with van der Waals surface area (Å²) in [7, 11) is 4.18. The smallest absolute Gasteiger partial charge is 0.220 e. The molecule has 1 rings (SSSR count). The summed E-state index contributed by atoms with van der Waals surface area (Å²) in [6.07, 6.45) is 4.09. The fraction of sp³-hybridized carbons (Fsp3) is 0.933. The highest BCUT2D eigenvalue weighted by atomic mass is 16.1. The van der Waals surface area contributed by atoms with Gasteiger partial charge in [-0.15, -0.1) is 0 Å². The van der Waals surface area contributed by atoms with Gasteiger partial charge in [0.1, 0.15) is 0 Å². The number of piperidine rings is 1. The van der Waals surface area contributed by atoms with Crippen molar-refractivity contribution in [1.82, 2.24) is 15.5 Å². The molecule has 1 unspecified atom stereocenters. The number of rotatable bonds is 7. The van der Waals surface area contributed by atoms with E-state index in [9.17, 15) is 4.79 Å². The monoisotopic (exact) mass is 269 g/mol. The molecule has 0 bridgehead atoms. The lowest BCUT2D eigenvalue weighted by atomic mass is 9.94. The Morgan fingerprint density at radius 2 is 1.95 bits per heavy atom. The van der Waals surface area contributed by atoms with Gasteiger partial charge in [-0.1, -0.05) is 13.8 Å². The lowest BCUT2D eigenvalue weighted by Gasteiger charge is -2.27. The predicted molar refractivity (Wildman–Crippen MR) is 80.2 cm³/mol. The summed E-state index contributed by atoms with van der Waals surface area (Å²) in [5.41, 5.74) is 0. The van der Waals surface area contributed by atoms with E-state index >= 15 is 0 Å². The third kappa shape index (κ3) is 6.92. The van der Waals surface area contributed by atoms with Crippen LogP contribution in [0.1, 0.15) is 39.5 Å². The maximum absolute atomic E-state index is 12.0. The van der Waals surface area contributed by atoms with Gasteiger partial charge in [0, 0.05) is 19.0 Å². The van der Waals surface area contributed by atoms with Crippen LogP contribution in [0.5, 0.6) is 0 Å². The topological polar surface area (TPSA) is 44.4 Å². The van der Waals surface area contributed by atoms with Crippen LogP contribution in [0.4, 0.5) is 0 Å². The zero-order chi connectivity index (χ0) is 14.3. The van der Waals surface area contributed by atoms with Crippen molar-refractivity contribution in [1.29, 1.82) is 0 Å². The number of nitrogens with one attached hydrogen (secondary N) is 2. The number of carbonyl (C=O) groups is 1. The number of carbonyl (C=O) groups excluding carboxylic acids is 1. The average molecular weight is 269 g/mol. The van der Waals surface area contributed by atoms with E-state index in [1.54, 1.807) is 0 Å². The first-order valence-corrected chi connectivity index (χ1v) is 7.63. The molecular weight excluding hydrogens is 238 g/mol. The molecule has 19 heavy (non-hydrogen) atoms. The molecule has 0 aromatic rings. The van der Waals surface area contributed by atoms with Gasteiger partial charge in [-0.25, -0.2) is 0 Å². The van der Waals surface area contributed by atoms with Gasteiger partial charge < -0.3 is 15.5 Å². The number of hydrogen-bond donors (Lipinski definition) is 2. The Morgan fingerprint density at radius 1 is 1.32 bits per heavy atom. The van der Waals surface area contributed by atoms with E-state index in [1.807, 2.05) is 0 Å². The van der Waals surface area contributed by atoms with Crippen molar-refractivity contribution in [3.63, 3.8) is 0 Å². The van der Waals surface area contributed by atoms with Crippen molar-refractivity contribution in [3.8, 4) is 0 Å².